The molecule has 0 aromatic carbocycles. The third-order valence-corrected chi connectivity index (χ3v) is 2.74. The quantitative estimate of drug-likeness (QED) is 0.840. The minimum Gasteiger partial charge on any atom is -0.489 e. The molecule has 1 aromatic rings. The molecule has 4 heteroatoms. The van der Waals surface area contributed by atoms with Gasteiger partial charge in [-0.25, -0.2) is 0 Å². The van der Waals surface area contributed by atoms with Gasteiger partial charge in [0.1, 0.15) is 12.4 Å². The van der Waals surface area contributed by atoms with Gasteiger partial charge in [0.05, 0.1) is 18.9 Å². The largest absolute Gasteiger partial charge is 0.489 e. The van der Waals surface area contributed by atoms with E-state index in [1.165, 1.54) is 6.42 Å². The Balaban J connectivity index is 1.88. The Labute approximate surface area is 95.2 Å². The van der Waals surface area contributed by atoms with Crippen LogP contribution in [0.4, 0.5) is 0 Å². The molecule has 0 saturated carbocycles. The van der Waals surface area contributed by atoms with E-state index in [1.807, 2.05) is 0 Å². The van der Waals surface area contributed by atoms with Crippen molar-refractivity contribution in [1.29, 1.82) is 0 Å². The zero-order chi connectivity index (χ0) is 11.2. The molecule has 88 valence electrons. The standard InChI is InChI=1S/C12H17NO3/c14-8-10-4-5-13-7-12(10)16-9-11-3-1-2-6-15-11/h4-5,7,11,14H,1-3,6,8-9H2. The molecule has 1 aliphatic heterocycles. The molecule has 1 N–H and O–H groups in total. The lowest BCUT2D eigenvalue weighted by atomic mass is 10.1. The van der Waals surface area contributed by atoms with Crippen molar-refractivity contribution in [3.63, 3.8) is 0 Å². The van der Waals surface area contributed by atoms with Crippen LogP contribution in [0.1, 0.15) is 24.8 Å². The molecule has 1 saturated heterocycles. The lowest BCUT2D eigenvalue weighted by Crippen LogP contribution is -2.26. The van der Waals surface area contributed by atoms with Crippen molar-refractivity contribution in [2.75, 3.05) is 13.2 Å². The summed E-state index contributed by atoms with van der Waals surface area (Å²) in [4.78, 5) is 3.98. The first-order valence-corrected chi connectivity index (χ1v) is 5.68. The fourth-order valence-electron chi connectivity index (χ4n) is 1.79. The van der Waals surface area contributed by atoms with Crippen molar-refractivity contribution in [2.45, 2.75) is 32.0 Å². The maximum atomic E-state index is 9.12. The Morgan fingerprint density at radius 3 is 3.19 bits per heavy atom. The van der Waals surface area contributed by atoms with Crippen molar-refractivity contribution in [2.24, 2.45) is 0 Å². The number of rotatable bonds is 4. The Morgan fingerprint density at radius 2 is 2.44 bits per heavy atom. The van der Waals surface area contributed by atoms with Crippen molar-refractivity contribution in [3.05, 3.63) is 24.0 Å². The molecule has 0 spiro atoms. The number of nitrogens with zero attached hydrogens (tertiary/aromatic N) is 1. The topological polar surface area (TPSA) is 51.6 Å². The van der Waals surface area contributed by atoms with Gasteiger partial charge < -0.3 is 14.6 Å². The normalized spacial score (nSPS) is 20.7. The van der Waals surface area contributed by atoms with Crippen LogP contribution in [0.2, 0.25) is 0 Å². The molecule has 2 heterocycles. The van der Waals surface area contributed by atoms with Crippen molar-refractivity contribution in [1.82, 2.24) is 4.98 Å². The first-order chi connectivity index (χ1) is 7.90. The van der Waals surface area contributed by atoms with Crippen LogP contribution in [0.25, 0.3) is 0 Å². The van der Waals surface area contributed by atoms with E-state index in [0.29, 0.717) is 12.4 Å². The highest BCUT2D eigenvalue weighted by Gasteiger charge is 2.15. The molecule has 0 amide bonds. The van der Waals surface area contributed by atoms with E-state index in [1.54, 1.807) is 18.5 Å². The summed E-state index contributed by atoms with van der Waals surface area (Å²) in [6, 6.07) is 1.76. The van der Waals surface area contributed by atoms with Crippen molar-refractivity contribution in [3.8, 4) is 5.75 Å². The number of hydrogen-bond donors (Lipinski definition) is 1. The first-order valence-electron chi connectivity index (χ1n) is 5.68. The van der Waals surface area contributed by atoms with E-state index in [2.05, 4.69) is 4.98 Å². The monoisotopic (exact) mass is 223 g/mol. The number of aliphatic hydroxyl groups is 1. The summed E-state index contributed by atoms with van der Waals surface area (Å²) in [5.41, 5.74) is 0.769. The van der Waals surface area contributed by atoms with E-state index in [4.69, 9.17) is 14.6 Å². The molecule has 4 nitrogen and oxygen atoms in total. The first kappa shape index (κ1) is 11.4. The molecule has 1 atom stereocenters. The highest BCUT2D eigenvalue weighted by molar-refractivity contribution is 5.28. The highest BCUT2D eigenvalue weighted by atomic mass is 16.5. The summed E-state index contributed by atoms with van der Waals surface area (Å²) >= 11 is 0. The number of pyridine rings is 1. The minimum atomic E-state index is -0.0244. The summed E-state index contributed by atoms with van der Waals surface area (Å²) in [7, 11) is 0. The third-order valence-electron chi connectivity index (χ3n) is 2.74. The summed E-state index contributed by atoms with van der Waals surface area (Å²) < 4.78 is 11.2. The third kappa shape index (κ3) is 2.93. The highest BCUT2D eigenvalue weighted by Crippen LogP contribution is 2.18. The molecule has 0 aliphatic carbocycles. The number of ether oxygens (including phenoxy) is 2. The van der Waals surface area contributed by atoms with Crippen LogP contribution in [-0.4, -0.2) is 29.4 Å². The molecule has 1 aromatic heterocycles. The van der Waals surface area contributed by atoms with Crippen LogP contribution < -0.4 is 4.74 Å². The lowest BCUT2D eigenvalue weighted by molar-refractivity contribution is -0.0114. The van der Waals surface area contributed by atoms with Gasteiger partial charge in [-0.15, -0.1) is 0 Å². The maximum absolute atomic E-state index is 9.12. The second-order valence-electron chi connectivity index (χ2n) is 3.94. The van der Waals surface area contributed by atoms with Gasteiger partial charge in [-0.1, -0.05) is 0 Å². The smallest absolute Gasteiger partial charge is 0.143 e. The summed E-state index contributed by atoms with van der Waals surface area (Å²) in [5, 5.41) is 9.12. The molecular weight excluding hydrogens is 206 g/mol. The molecule has 1 aliphatic rings. The maximum Gasteiger partial charge on any atom is 0.143 e. The second kappa shape index (κ2) is 5.82. The fraction of sp³-hybridized carbons (Fsp3) is 0.583. The molecule has 1 unspecified atom stereocenters. The fourth-order valence-corrected chi connectivity index (χ4v) is 1.79. The molecule has 0 bridgehead atoms. The Morgan fingerprint density at radius 1 is 1.50 bits per heavy atom. The van der Waals surface area contributed by atoms with E-state index in [0.717, 1.165) is 25.0 Å². The van der Waals surface area contributed by atoms with Gasteiger partial charge in [0.25, 0.3) is 0 Å². The van der Waals surface area contributed by atoms with Gasteiger partial charge in [0.2, 0.25) is 0 Å². The molecule has 1 fully saturated rings. The molecular formula is C12H17NO3. The van der Waals surface area contributed by atoms with Gasteiger partial charge >= 0.3 is 0 Å². The van der Waals surface area contributed by atoms with Crippen LogP contribution >= 0.6 is 0 Å². The van der Waals surface area contributed by atoms with Gasteiger partial charge in [-0.05, 0) is 25.3 Å². The zero-order valence-electron chi connectivity index (χ0n) is 9.26. The zero-order valence-corrected chi connectivity index (χ0v) is 9.26. The molecule has 0 radical (unpaired) electrons. The van der Waals surface area contributed by atoms with Gasteiger partial charge in [-0.2, -0.15) is 0 Å². The van der Waals surface area contributed by atoms with E-state index in [-0.39, 0.29) is 12.7 Å². The average Bonchev–Trinajstić information content (AvgIpc) is 2.38. The number of hydrogen-bond acceptors (Lipinski definition) is 4. The van der Waals surface area contributed by atoms with Gasteiger partial charge in [-0.3, -0.25) is 4.98 Å². The van der Waals surface area contributed by atoms with Crippen molar-refractivity contribution < 1.29 is 14.6 Å². The second-order valence-corrected chi connectivity index (χ2v) is 3.94. The summed E-state index contributed by atoms with van der Waals surface area (Å²) in [6.07, 6.45) is 6.86. The molecule has 2 rings (SSSR count). The van der Waals surface area contributed by atoms with Gasteiger partial charge in [0, 0.05) is 18.4 Å². The predicted octanol–water partition coefficient (Wildman–Crippen LogP) is 1.52. The van der Waals surface area contributed by atoms with E-state index < -0.39 is 0 Å². The SMILES string of the molecule is OCc1ccncc1OCC1CCCCO1. The van der Waals surface area contributed by atoms with E-state index >= 15 is 0 Å². The number of aromatic nitrogens is 1. The van der Waals surface area contributed by atoms with Gasteiger partial charge in [0.15, 0.2) is 0 Å². The van der Waals surface area contributed by atoms with Crippen LogP contribution in [-0.2, 0) is 11.3 Å². The Hall–Kier alpha value is -1.13. The number of aliphatic hydroxyl groups excluding tert-OH is 1. The summed E-state index contributed by atoms with van der Waals surface area (Å²) in [5.74, 6) is 0.652. The Kier molecular flexibility index (Phi) is 4.13. The average molecular weight is 223 g/mol. The van der Waals surface area contributed by atoms with Crippen LogP contribution in [0.3, 0.4) is 0 Å². The minimum absolute atomic E-state index is 0.0244. The van der Waals surface area contributed by atoms with Crippen LogP contribution in [0, 0.1) is 0 Å². The van der Waals surface area contributed by atoms with Crippen LogP contribution in [0.5, 0.6) is 5.75 Å². The predicted molar refractivity (Wildman–Crippen MR) is 59.2 cm³/mol. The lowest BCUT2D eigenvalue weighted by Gasteiger charge is -2.22. The molecule has 16 heavy (non-hydrogen) atoms. The van der Waals surface area contributed by atoms with Crippen molar-refractivity contribution >= 4 is 0 Å². The van der Waals surface area contributed by atoms with E-state index in [9.17, 15) is 0 Å². The Bertz CT molecular complexity index is 324. The summed E-state index contributed by atoms with van der Waals surface area (Å²) in [6.45, 7) is 1.34. The van der Waals surface area contributed by atoms with Crippen LogP contribution in [0.15, 0.2) is 18.5 Å².